The van der Waals surface area contributed by atoms with E-state index in [-0.39, 0.29) is 24.3 Å². The largest absolute Gasteiger partial charge is 0.336 e. The number of hydrogen-bond acceptors (Lipinski definition) is 4. The van der Waals surface area contributed by atoms with Gasteiger partial charge in [0.25, 0.3) is 5.91 Å². The molecule has 0 aromatic heterocycles. The molecule has 2 aliphatic heterocycles. The van der Waals surface area contributed by atoms with Crippen LogP contribution in [0.3, 0.4) is 0 Å². The van der Waals surface area contributed by atoms with Crippen molar-refractivity contribution in [3.63, 3.8) is 0 Å². The molecule has 162 valence electrons. The highest BCUT2D eigenvalue weighted by Crippen LogP contribution is 2.24. The molecule has 0 unspecified atom stereocenters. The van der Waals surface area contributed by atoms with Crippen LogP contribution >= 0.6 is 11.6 Å². The van der Waals surface area contributed by atoms with Crippen molar-refractivity contribution in [1.29, 1.82) is 0 Å². The standard InChI is InChI=1S/C23H25ClN4O3/c24-18-8-6-17(7-9-18)23(31)27-13-11-26(12-14-27)16-21(29)25-19-3-1-4-20(15-19)28-10-2-5-22(28)30/h1,3-4,6-9,15H,2,5,10-14,16H2,(H,25,29). The Balaban J connectivity index is 1.27. The van der Waals surface area contributed by atoms with E-state index in [1.807, 2.05) is 29.2 Å². The molecule has 1 N–H and O–H groups in total. The number of piperazine rings is 1. The normalized spacial score (nSPS) is 17.1. The highest BCUT2D eigenvalue weighted by atomic mass is 35.5. The zero-order valence-electron chi connectivity index (χ0n) is 17.2. The predicted molar refractivity (Wildman–Crippen MR) is 120 cm³/mol. The molecule has 8 heteroatoms. The van der Waals surface area contributed by atoms with Crippen LogP contribution in [0, 0.1) is 0 Å². The highest BCUT2D eigenvalue weighted by molar-refractivity contribution is 6.30. The van der Waals surface area contributed by atoms with E-state index in [0.29, 0.717) is 48.9 Å². The van der Waals surface area contributed by atoms with Gasteiger partial charge in [0, 0.05) is 61.1 Å². The summed E-state index contributed by atoms with van der Waals surface area (Å²) in [5.41, 5.74) is 2.11. The molecule has 3 amide bonds. The summed E-state index contributed by atoms with van der Waals surface area (Å²) in [5.74, 6) is -0.00841. The molecule has 2 aromatic rings. The van der Waals surface area contributed by atoms with Crippen LogP contribution in [-0.2, 0) is 9.59 Å². The number of amides is 3. The first-order valence-corrected chi connectivity index (χ1v) is 10.8. The number of halogens is 1. The molecule has 0 atom stereocenters. The second-order valence-corrected chi connectivity index (χ2v) is 8.26. The topological polar surface area (TPSA) is 73.0 Å². The number of benzene rings is 2. The molecule has 0 aliphatic carbocycles. The van der Waals surface area contributed by atoms with Gasteiger partial charge in [-0.15, -0.1) is 0 Å². The Morgan fingerprint density at radius 2 is 1.71 bits per heavy atom. The first-order chi connectivity index (χ1) is 15.0. The number of hydrogen-bond donors (Lipinski definition) is 1. The van der Waals surface area contributed by atoms with Crippen LogP contribution in [-0.4, -0.2) is 66.8 Å². The van der Waals surface area contributed by atoms with Gasteiger partial charge >= 0.3 is 0 Å². The molecule has 2 aliphatic rings. The molecule has 2 aromatic carbocycles. The Hall–Kier alpha value is -2.90. The van der Waals surface area contributed by atoms with Gasteiger partial charge < -0.3 is 15.1 Å². The molecule has 0 saturated carbocycles. The molecule has 0 bridgehead atoms. The summed E-state index contributed by atoms with van der Waals surface area (Å²) >= 11 is 5.89. The van der Waals surface area contributed by atoms with Gasteiger partial charge in [0.2, 0.25) is 11.8 Å². The molecule has 2 heterocycles. The maximum Gasteiger partial charge on any atom is 0.253 e. The van der Waals surface area contributed by atoms with Crippen molar-refractivity contribution in [3.05, 3.63) is 59.1 Å². The fourth-order valence-corrected chi connectivity index (χ4v) is 4.09. The van der Waals surface area contributed by atoms with E-state index >= 15 is 0 Å². The molecular weight excluding hydrogens is 416 g/mol. The summed E-state index contributed by atoms with van der Waals surface area (Å²) < 4.78 is 0. The fourth-order valence-electron chi connectivity index (χ4n) is 3.96. The first kappa shape index (κ1) is 21.3. The van der Waals surface area contributed by atoms with Crippen molar-refractivity contribution < 1.29 is 14.4 Å². The lowest BCUT2D eigenvalue weighted by molar-refractivity contribution is -0.118. The molecule has 0 spiro atoms. The summed E-state index contributed by atoms with van der Waals surface area (Å²) in [6.45, 7) is 3.39. The van der Waals surface area contributed by atoms with Crippen LogP contribution in [0.4, 0.5) is 11.4 Å². The second-order valence-electron chi connectivity index (χ2n) is 7.82. The number of anilines is 2. The SMILES string of the molecule is O=C(CN1CCN(C(=O)c2ccc(Cl)cc2)CC1)Nc1cccc(N2CCCC2=O)c1. The van der Waals surface area contributed by atoms with E-state index in [1.165, 1.54) is 0 Å². The molecule has 4 rings (SSSR count). The minimum atomic E-state index is -0.109. The summed E-state index contributed by atoms with van der Waals surface area (Å²) in [5, 5.41) is 3.52. The lowest BCUT2D eigenvalue weighted by atomic mass is 10.2. The molecule has 2 fully saturated rings. The van der Waals surface area contributed by atoms with Gasteiger partial charge in [-0.25, -0.2) is 0 Å². The van der Waals surface area contributed by atoms with Gasteiger partial charge in [-0.3, -0.25) is 19.3 Å². The van der Waals surface area contributed by atoms with E-state index in [4.69, 9.17) is 11.6 Å². The van der Waals surface area contributed by atoms with Crippen LogP contribution in [0.15, 0.2) is 48.5 Å². The van der Waals surface area contributed by atoms with Crippen molar-refractivity contribution in [2.45, 2.75) is 12.8 Å². The van der Waals surface area contributed by atoms with Crippen LogP contribution < -0.4 is 10.2 Å². The number of carbonyl (C=O) groups is 3. The number of nitrogens with one attached hydrogen (secondary N) is 1. The lowest BCUT2D eigenvalue weighted by Crippen LogP contribution is -2.50. The maximum absolute atomic E-state index is 12.6. The monoisotopic (exact) mass is 440 g/mol. The van der Waals surface area contributed by atoms with Gasteiger partial charge in [0.15, 0.2) is 0 Å². The summed E-state index contributed by atoms with van der Waals surface area (Å²) in [4.78, 5) is 42.7. The number of rotatable bonds is 5. The van der Waals surface area contributed by atoms with Gasteiger partial charge in [-0.1, -0.05) is 17.7 Å². The van der Waals surface area contributed by atoms with Crippen LogP contribution in [0.25, 0.3) is 0 Å². The smallest absolute Gasteiger partial charge is 0.253 e. The van der Waals surface area contributed by atoms with Crippen molar-refractivity contribution in [3.8, 4) is 0 Å². The van der Waals surface area contributed by atoms with Crippen LogP contribution in [0.2, 0.25) is 5.02 Å². The minimum Gasteiger partial charge on any atom is -0.336 e. The zero-order chi connectivity index (χ0) is 21.8. The highest BCUT2D eigenvalue weighted by Gasteiger charge is 2.24. The Morgan fingerprint density at radius 3 is 2.39 bits per heavy atom. The maximum atomic E-state index is 12.6. The van der Waals surface area contributed by atoms with E-state index < -0.39 is 0 Å². The third-order valence-corrected chi connectivity index (χ3v) is 5.88. The molecule has 31 heavy (non-hydrogen) atoms. The van der Waals surface area contributed by atoms with Gasteiger partial charge in [-0.2, -0.15) is 0 Å². The van der Waals surface area contributed by atoms with Crippen molar-refractivity contribution in [2.24, 2.45) is 0 Å². The number of nitrogens with zero attached hydrogens (tertiary/aromatic N) is 3. The van der Waals surface area contributed by atoms with Crippen LogP contribution in [0.1, 0.15) is 23.2 Å². The second kappa shape index (κ2) is 9.49. The zero-order valence-corrected chi connectivity index (χ0v) is 18.0. The van der Waals surface area contributed by atoms with Gasteiger partial charge in [0.05, 0.1) is 6.54 Å². The Morgan fingerprint density at radius 1 is 0.968 bits per heavy atom. The van der Waals surface area contributed by atoms with Crippen molar-refractivity contribution in [2.75, 3.05) is 49.5 Å². The molecule has 7 nitrogen and oxygen atoms in total. The van der Waals surface area contributed by atoms with E-state index in [0.717, 1.165) is 18.7 Å². The van der Waals surface area contributed by atoms with Crippen molar-refractivity contribution in [1.82, 2.24) is 9.80 Å². The van der Waals surface area contributed by atoms with E-state index in [1.54, 1.807) is 34.1 Å². The van der Waals surface area contributed by atoms with E-state index in [2.05, 4.69) is 5.32 Å². The average Bonchev–Trinajstić information content (AvgIpc) is 3.20. The summed E-state index contributed by atoms with van der Waals surface area (Å²) in [6, 6.07) is 14.3. The predicted octanol–water partition coefficient (Wildman–Crippen LogP) is 2.86. The minimum absolute atomic E-state index is 0.0194. The summed E-state index contributed by atoms with van der Waals surface area (Å²) in [7, 11) is 0. The average molecular weight is 441 g/mol. The molecule has 2 saturated heterocycles. The third-order valence-electron chi connectivity index (χ3n) is 5.63. The van der Waals surface area contributed by atoms with Crippen molar-refractivity contribution >= 4 is 40.7 Å². The van der Waals surface area contributed by atoms with E-state index in [9.17, 15) is 14.4 Å². The number of carbonyl (C=O) groups excluding carboxylic acids is 3. The Kier molecular flexibility index (Phi) is 6.53. The first-order valence-electron chi connectivity index (χ1n) is 10.5. The lowest BCUT2D eigenvalue weighted by Gasteiger charge is -2.34. The fraction of sp³-hybridized carbons (Fsp3) is 0.348. The van der Waals surface area contributed by atoms with Gasteiger partial charge in [0.1, 0.15) is 0 Å². The summed E-state index contributed by atoms with van der Waals surface area (Å²) in [6.07, 6.45) is 1.44. The quantitative estimate of drug-likeness (QED) is 0.776. The van der Waals surface area contributed by atoms with Gasteiger partial charge in [-0.05, 0) is 48.9 Å². The van der Waals surface area contributed by atoms with Crippen LogP contribution in [0.5, 0.6) is 0 Å². The Bertz CT molecular complexity index is 971. The molecular formula is C23H25ClN4O3. The molecule has 0 radical (unpaired) electrons. The Labute approximate surface area is 186 Å². The third kappa shape index (κ3) is 5.24.